The molecule has 0 aliphatic heterocycles. The molecule has 0 spiro atoms. The lowest BCUT2D eigenvalue weighted by Crippen LogP contribution is -2.05. The number of aromatic nitrogens is 1. The molecule has 76 valence electrons. The Morgan fingerprint density at radius 1 is 1.50 bits per heavy atom. The van der Waals surface area contributed by atoms with Gasteiger partial charge >= 0.3 is 0 Å². The first-order valence-corrected chi connectivity index (χ1v) is 4.81. The molecule has 0 atom stereocenters. The van der Waals surface area contributed by atoms with Gasteiger partial charge in [-0.15, -0.1) is 0 Å². The van der Waals surface area contributed by atoms with E-state index in [4.69, 9.17) is 4.74 Å². The summed E-state index contributed by atoms with van der Waals surface area (Å²) in [6.45, 7) is 6.15. The van der Waals surface area contributed by atoms with Crippen LogP contribution in [-0.2, 0) is 0 Å². The number of hydrogen-bond acceptors (Lipinski definition) is 3. The molecule has 0 amide bonds. The summed E-state index contributed by atoms with van der Waals surface area (Å²) < 4.78 is 5.28. The van der Waals surface area contributed by atoms with Gasteiger partial charge in [0.05, 0.1) is 12.2 Å². The molecule has 1 rings (SSSR count). The molecule has 0 radical (unpaired) electrons. The van der Waals surface area contributed by atoms with Gasteiger partial charge in [0.25, 0.3) is 0 Å². The molecule has 0 saturated heterocycles. The maximum atomic E-state index is 11.5. The summed E-state index contributed by atoms with van der Waals surface area (Å²) in [6.07, 6.45) is 2.18. The molecule has 1 aromatic rings. The fourth-order valence-corrected chi connectivity index (χ4v) is 1.20. The van der Waals surface area contributed by atoms with Crippen LogP contribution >= 0.6 is 0 Å². The van der Waals surface area contributed by atoms with E-state index in [0.717, 1.165) is 5.56 Å². The van der Waals surface area contributed by atoms with Crippen LogP contribution in [0, 0.1) is 6.92 Å². The quantitative estimate of drug-likeness (QED) is 0.689. The first kappa shape index (κ1) is 10.7. The molecule has 0 unspecified atom stereocenters. The third-order valence-corrected chi connectivity index (χ3v) is 1.89. The molecule has 1 aromatic heterocycles. The van der Waals surface area contributed by atoms with Gasteiger partial charge in [0.1, 0.15) is 0 Å². The second-order valence-corrected chi connectivity index (χ2v) is 3.08. The molecule has 0 saturated carbocycles. The zero-order valence-electron chi connectivity index (χ0n) is 8.83. The minimum atomic E-state index is 0.0738. The highest BCUT2D eigenvalue weighted by Crippen LogP contribution is 2.18. The number of pyridine rings is 1. The van der Waals surface area contributed by atoms with Gasteiger partial charge in [0.2, 0.25) is 5.88 Å². The summed E-state index contributed by atoms with van der Waals surface area (Å²) in [5.41, 5.74) is 1.57. The summed E-state index contributed by atoms with van der Waals surface area (Å²) in [7, 11) is 0. The van der Waals surface area contributed by atoms with Gasteiger partial charge in [0, 0.05) is 12.6 Å². The molecular formula is C11H15NO2. The van der Waals surface area contributed by atoms with E-state index in [9.17, 15) is 4.79 Å². The maximum Gasteiger partial charge on any atom is 0.224 e. The third-order valence-electron chi connectivity index (χ3n) is 1.89. The molecule has 0 aromatic carbocycles. The van der Waals surface area contributed by atoms with E-state index >= 15 is 0 Å². The first-order chi connectivity index (χ1) is 6.69. The highest BCUT2D eigenvalue weighted by atomic mass is 16.5. The van der Waals surface area contributed by atoms with Gasteiger partial charge in [0.15, 0.2) is 5.78 Å². The Balaban J connectivity index is 3.08. The average molecular weight is 193 g/mol. The number of Topliss-reactive ketones (excluding diaryl/α,β-unsaturated/α-hetero) is 1. The number of carbonyl (C=O) groups excluding carboxylic acids is 1. The third kappa shape index (κ3) is 2.31. The molecule has 3 heteroatoms. The highest BCUT2D eigenvalue weighted by Gasteiger charge is 2.11. The summed E-state index contributed by atoms with van der Waals surface area (Å²) >= 11 is 0. The van der Waals surface area contributed by atoms with Crippen LogP contribution in [0.4, 0.5) is 0 Å². The molecule has 3 nitrogen and oxygen atoms in total. The Bertz CT molecular complexity index is 334. The highest BCUT2D eigenvalue weighted by molar-refractivity contribution is 5.98. The largest absolute Gasteiger partial charge is 0.477 e. The van der Waals surface area contributed by atoms with Crippen LogP contribution in [0.2, 0.25) is 0 Å². The molecule has 0 aliphatic carbocycles. The number of carbonyl (C=O) groups is 1. The van der Waals surface area contributed by atoms with E-state index < -0.39 is 0 Å². The Morgan fingerprint density at radius 2 is 2.21 bits per heavy atom. The molecule has 0 bridgehead atoms. The number of nitrogens with zero attached hydrogens (tertiary/aromatic N) is 1. The van der Waals surface area contributed by atoms with E-state index in [-0.39, 0.29) is 5.78 Å². The standard InChI is InChI=1S/C11H15NO2/c1-4-10(13)9-6-8(3)7-12-11(9)14-5-2/h6-7H,4-5H2,1-3H3. The number of rotatable bonds is 4. The van der Waals surface area contributed by atoms with Crippen molar-refractivity contribution in [2.24, 2.45) is 0 Å². The fraction of sp³-hybridized carbons (Fsp3) is 0.455. The Labute approximate surface area is 84.1 Å². The van der Waals surface area contributed by atoms with Crippen molar-refractivity contribution in [3.05, 3.63) is 23.4 Å². The van der Waals surface area contributed by atoms with E-state index in [0.29, 0.717) is 24.5 Å². The predicted octanol–water partition coefficient (Wildman–Crippen LogP) is 2.38. The van der Waals surface area contributed by atoms with Gasteiger partial charge in [-0.1, -0.05) is 6.92 Å². The molecule has 0 N–H and O–H groups in total. The van der Waals surface area contributed by atoms with Crippen molar-refractivity contribution in [1.29, 1.82) is 0 Å². The van der Waals surface area contributed by atoms with Crippen molar-refractivity contribution in [1.82, 2.24) is 4.98 Å². The number of ether oxygens (including phenoxy) is 1. The normalized spacial score (nSPS) is 9.93. The topological polar surface area (TPSA) is 39.2 Å². The van der Waals surface area contributed by atoms with Gasteiger partial charge in [-0.05, 0) is 25.5 Å². The molecular weight excluding hydrogens is 178 g/mol. The van der Waals surface area contributed by atoms with Gasteiger partial charge in [-0.3, -0.25) is 4.79 Å². The van der Waals surface area contributed by atoms with Crippen molar-refractivity contribution in [3.63, 3.8) is 0 Å². The Hall–Kier alpha value is -1.38. The zero-order chi connectivity index (χ0) is 10.6. The summed E-state index contributed by atoms with van der Waals surface area (Å²) in [4.78, 5) is 15.6. The average Bonchev–Trinajstić information content (AvgIpc) is 2.20. The monoisotopic (exact) mass is 193 g/mol. The second-order valence-electron chi connectivity index (χ2n) is 3.08. The Morgan fingerprint density at radius 3 is 2.79 bits per heavy atom. The van der Waals surface area contributed by atoms with Gasteiger partial charge in [-0.25, -0.2) is 4.98 Å². The van der Waals surface area contributed by atoms with E-state index in [1.807, 2.05) is 26.8 Å². The molecule has 0 aliphatic rings. The van der Waals surface area contributed by atoms with E-state index in [1.165, 1.54) is 0 Å². The van der Waals surface area contributed by atoms with Crippen LogP contribution in [0.1, 0.15) is 36.2 Å². The summed E-state index contributed by atoms with van der Waals surface area (Å²) in [6, 6.07) is 1.82. The van der Waals surface area contributed by atoms with Crippen molar-refractivity contribution >= 4 is 5.78 Å². The summed E-state index contributed by atoms with van der Waals surface area (Å²) in [5.74, 6) is 0.523. The lowest BCUT2D eigenvalue weighted by Gasteiger charge is -2.07. The molecule has 14 heavy (non-hydrogen) atoms. The minimum Gasteiger partial charge on any atom is -0.477 e. The van der Waals surface area contributed by atoms with Crippen LogP contribution in [0.15, 0.2) is 12.3 Å². The van der Waals surface area contributed by atoms with Crippen LogP contribution < -0.4 is 4.74 Å². The van der Waals surface area contributed by atoms with Crippen molar-refractivity contribution in [2.45, 2.75) is 27.2 Å². The second kappa shape index (κ2) is 4.74. The fourth-order valence-electron chi connectivity index (χ4n) is 1.20. The number of aryl methyl sites for hydroxylation is 1. The maximum absolute atomic E-state index is 11.5. The minimum absolute atomic E-state index is 0.0738. The van der Waals surface area contributed by atoms with Crippen molar-refractivity contribution < 1.29 is 9.53 Å². The number of hydrogen-bond donors (Lipinski definition) is 0. The van der Waals surface area contributed by atoms with E-state index in [1.54, 1.807) is 6.20 Å². The van der Waals surface area contributed by atoms with Crippen LogP contribution in [0.3, 0.4) is 0 Å². The number of ketones is 1. The van der Waals surface area contributed by atoms with Crippen LogP contribution in [-0.4, -0.2) is 17.4 Å². The van der Waals surface area contributed by atoms with Crippen LogP contribution in [0.25, 0.3) is 0 Å². The van der Waals surface area contributed by atoms with Crippen LogP contribution in [0.5, 0.6) is 5.88 Å². The smallest absolute Gasteiger partial charge is 0.224 e. The molecule has 0 fully saturated rings. The summed E-state index contributed by atoms with van der Waals surface area (Å²) in [5, 5.41) is 0. The van der Waals surface area contributed by atoms with Gasteiger partial charge < -0.3 is 4.74 Å². The zero-order valence-corrected chi connectivity index (χ0v) is 8.83. The predicted molar refractivity (Wildman–Crippen MR) is 54.8 cm³/mol. The SMILES string of the molecule is CCOc1ncc(C)cc1C(=O)CC. The lowest BCUT2D eigenvalue weighted by molar-refractivity contribution is 0.0983. The van der Waals surface area contributed by atoms with Crippen molar-refractivity contribution in [3.8, 4) is 5.88 Å². The van der Waals surface area contributed by atoms with E-state index in [2.05, 4.69) is 4.98 Å². The van der Waals surface area contributed by atoms with Gasteiger partial charge in [-0.2, -0.15) is 0 Å². The lowest BCUT2D eigenvalue weighted by atomic mass is 10.1. The van der Waals surface area contributed by atoms with Crippen molar-refractivity contribution in [2.75, 3.05) is 6.61 Å². The Kier molecular flexibility index (Phi) is 3.63. The first-order valence-electron chi connectivity index (χ1n) is 4.81. The molecule has 1 heterocycles.